The molecule has 9 nitrogen and oxygen atoms in total. The van der Waals surface area contributed by atoms with E-state index in [9.17, 15) is 24.3 Å². The first-order valence-corrected chi connectivity index (χ1v) is 11.9. The summed E-state index contributed by atoms with van der Waals surface area (Å²) in [4.78, 5) is 51.8. The lowest BCUT2D eigenvalue weighted by molar-refractivity contribution is -0.115. The number of carbonyl (C=O) groups excluding carboxylic acids is 2. The monoisotopic (exact) mass is 625 g/mol. The van der Waals surface area contributed by atoms with E-state index in [0.717, 1.165) is 10.1 Å². The molecule has 11 heteroatoms. The summed E-state index contributed by atoms with van der Waals surface area (Å²) in [5, 5.41) is 10.3. The van der Waals surface area contributed by atoms with Gasteiger partial charge in [0.1, 0.15) is 0 Å². The third kappa shape index (κ3) is 3.08. The number of allylic oxidation sites excluding steroid dienone is 6. The van der Waals surface area contributed by atoms with Crippen LogP contribution in [0.3, 0.4) is 0 Å². The lowest BCUT2D eigenvalue weighted by Gasteiger charge is -2.39. The number of phenols is 1. The van der Waals surface area contributed by atoms with Gasteiger partial charge in [0, 0.05) is 36.6 Å². The van der Waals surface area contributed by atoms with Crippen molar-refractivity contribution in [1.82, 2.24) is 13.9 Å². The van der Waals surface area contributed by atoms with Gasteiger partial charge < -0.3 is 9.84 Å². The molecule has 0 unspecified atom stereocenters. The van der Waals surface area contributed by atoms with Gasteiger partial charge in [-0.05, 0) is 61.8 Å². The molecule has 0 amide bonds. The minimum absolute atomic E-state index is 0.0888. The van der Waals surface area contributed by atoms with E-state index in [1.165, 1.54) is 29.6 Å². The maximum atomic E-state index is 13.3. The van der Waals surface area contributed by atoms with Crippen LogP contribution >= 0.6 is 38.5 Å². The molecule has 0 saturated heterocycles. The topological polar surface area (TPSA) is 113 Å². The molecule has 0 spiro atoms. The fraction of sp³-hybridized carbons (Fsp3) is 0.273. The average Bonchev–Trinajstić information content (AvgIpc) is 3.02. The molecule has 33 heavy (non-hydrogen) atoms. The van der Waals surface area contributed by atoms with Crippen molar-refractivity contribution < 1.29 is 19.4 Å². The highest BCUT2D eigenvalue weighted by Gasteiger charge is 2.45. The Bertz CT molecular complexity index is 1490. The number of carbonyl (C=O) groups is 2. The zero-order valence-electron chi connectivity index (χ0n) is 17.5. The fourth-order valence-electron chi connectivity index (χ4n) is 4.87. The second-order valence-electron chi connectivity index (χ2n) is 8.04. The Labute approximate surface area is 208 Å². The van der Waals surface area contributed by atoms with Crippen molar-refractivity contribution in [3.8, 4) is 11.5 Å². The van der Waals surface area contributed by atoms with Crippen molar-refractivity contribution in [2.24, 2.45) is 7.05 Å². The number of Topliss-reactive ketones (excluding diaryl/α,β-unsaturated/α-hetero) is 1. The van der Waals surface area contributed by atoms with Crippen LogP contribution in [-0.4, -0.2) is 37.7 Å². The van der Waals surface area contributed by atoms with E-state index in [1.54, 1.807) is 12.1 Å². The van der Waals surface area contributed by atoms with Crippen LogP contribution < -0.4 is 16.1 Å². The van der Waals surface area contributed by atoms with E-state index in [0.29, 0.717) is 24.8 Å². The molecule has 0 bridgehead atoms. The summed E-state index contributed by atoms with van der Waals surface area (Å²) in [6.45, 7) is 0.158. The van der Waals surface area contributed by atoms with Crippen LogP contribution in [0.15, 0.2) is 58.6 Å². The van der Waals surface area contributed by atoms with Crippen molar-refractivity contribution in [1.29, 1.82) is 0 Å². The number of fused-ring (bicyclic) bond motifs is 3. The lowest BCUT2D eigenvalue weighted by Crippen LogP contribution is -2.40. The Kier molecular flexibility index (Phi) is 5.16. The average molecular weight is 626 g/mol. The standard InChI is InChI=1S/C22H17BrIN3O6/c1-25-21(31)26-4-3-10-14(27(26)22(25)32)7-11-15(28)8-13(24)20(30)18(11)17(10)9-5-12(23)19(29)16(6-9)33-2/h3,5-6,8,14,17,29H,4,7H2,1-2H3/t14-,17+/m1/s1. The molecule has 2 atom stereocenters. The highest BCUT2D eigenvalue weighted by molar-refractivity contribution is 14.1. The van der Waals surface area contributed by atoms with Gasteiger partial charge in [-0.1, -0.05) is 6.08 Å². The SMILES string of the molecule is COc1cc([C@H]2C3=CCn4c(=O)n(C)c(=O)n4[C@@H]3CC3=C2C(=O)C(I)=CC3=O)cc(Br)c1O. The quantitative estimate of drug-likeness (QED) is 0.311. The highest BCUT2D eigenvalue weighted by atomic mass is 127. The molecule has 0 saturated carbocycles. The Morgan fingerprint density at radius 2 is 1.91 bits per heavy atom. The largest absolute Gasteiger partial charge is 0.503 e. The van der Waals surface area contributed by atoms with Gasteiger partial charge in [0.2, 0.25) is 0 Å². The molecule has 5 rings (SSSR count). The molecule has 3 aliphatic rings. The van der Waals surface area contributed by atoms with Gasteiger partial charge in [-0.25, -0.2) is 23.5 Å². The predicted molar refractivity (Wildman–Crippen MR) is 130 cm³/mol. The van der Waals surface area contributed by atoms with Crippen LogP contribution in [0.5, 0.6) is 11.5 Å². The van der Waals surface area contributed by atoms with Crippen molar-refractivity contribution in [3.05, 3.63) is 75.6 Å². The van der Waals surface area contributed by atoms with Crippen molar-refractivity contribution >= 4 is 50.1 Å². The first kappa shape index (κ1) is 22.1. The minimum atomic E-state index is -0.657. The molecule has 2 aromatic rings. The smallest absolute Gasteiger partial charge is 0.347 e. The van der Waals surface area contributed by atoms with Crippen LogP contribution in [-0.2, 0) is 23.2 Å². The van der Waals surface area contributed by atoms with Gasteiger partial charge in [-0.3, -0.25) is 9.59 Å². The number of ether oxygens (including phenoxy) is 1. The zero-order valence-corrected chi connectivity index (χ0v) is 21.2. The number of rotatable bonds is 2. The predicted octanol–water partition coefficient (Wildman–Crippen LogP) is 2.26. The number of hydrogen-bond acceptors (Lipinski definition) is 6. The van der Waals surface area contributed by atoms with Crippen molar-refractivity contribution in [3.63, 3.8) is 0 Å². The second-order valence-corrected chi connectivity index (χ2v) is 10.1. The third-order valence-corrected chi connectivity index (χ3v) is 7.80. The highest BCUT2D eigenvalue weighted by Crippen LogP contribution is 2.51. The van der Waals surface area contributed by atoms with Crippen LogP contribution in [0.2, 0.25) is 0 Å². The maximum Gasteiger partial charge on any atom is 0.347 e. The summed E-state index contributed by atoms with van der Waals surface area (Å²) < 4.78 is 9.75. The molecular weight excluding hydrogens is 609 g/mol. The molecule has 1 aromatic heterocycles. The van der Waals surface area contributed by atoms with Crippen molar-refractivity contribution in [2.75, 3.05) is 7.11 Å². The van der Waals surface area contributed by atoms with Crippen LogP contribution in [0.1, 0.15) is 23.9 Å². The summed E-state index contributed by atoms with van der Waals surface area (Å²) in [7, 11) is 2.83. The minimum Gasteiger partial charge on any atom is -0.503 e. The number of halogens is 2. The fourth-order valence-corrected chi connectivity index (χ4v) is 5.91. The van der Waals surface area contributed by atoms with E-state index in [-0.39, 0.29) is 36.0 Å². The van der Waals surface area contributed by atoms with E-state index in [2.05, 4.69) is 15.9 Å². The number of hydrogen-bond donors (Lipinski definition) is 1. The maximum absolute atomic E-state index is 13.3. The lowest BCUT2D eigenvalue weighted by atomic mass is 9.69. The number of aromatic hydroxyl groups is 1. The summed E-state index contributed by atoms with van der Waals surface area (Å²) in [5.74, 6) is -1.08. The molecule has 2 aliphatic carbocycles. The number of ketones is 2. The Morgan fingerprint density at radius 1 is 1.18 bits per heavy atom. The Morgan fingerprint density at radius 3 is 2.61 bits per heavy atom. The second kappa shape index (κ2) is 7.69. The van der Waals surface area contributed by atoms with E-state index < -0.39 is 23.3 Å². The molecule has 0 radical (unpaired) electrons. The Balaban J connectivity index is 1.81. The van der Waals surface area contributed by atoms with Gasteiger partial charge >= 0.3 is 11.4 Å². The number of methoxy groups -OCH3 is 1. The molecule has 170 valence electrons. The van der Waals surface area contributed by atoms with Gasteiger partial charge in [-0.15, -0.1) is 0 Å². The van der Waals surface area contributed by atoms with E-state index in [4.69, 9.17) is 4.74 Å². The third-order valence-electron chi connectivity index (χ3n) is 6.40. The number of phenolic OH excluding ortho intramolecular Hbond substituents is 1. The summed E-state index contributed by atoms with van der Waals surface area (Å²) in [5.41, 5.74) is 1.12. The summed E-state index contributed by atoms with van der Waals surface area (Å²) >= 11 is 5.20. The molecule has 2 heterocycles. The van der Waals surface area contributed by atoms with E-state index >= 15 is 0 Å². The first-order valence-electron chi connectivity index (χ1n) is 9.99. The first-order chi connectivity index (χ1) is 15.6. The van der Waals surface area contributed by atoms with Gasteiger partial charge in [0.05, 0.1) is 27.7 Å². The summed E-state index contributed by atoms with van der Waals surface area (Å²) in [6.07, 6.45) is 3.28. The van der Waals surface area contributed by atoms with Crippen molar-refractivity contribution in [2.45, 2.75) is 24.9 Å². The van der Waals surface area contributed by atoms with Gasteiger partial charge in [0.15, 0.2) is 23.1 Å². The number of nitrogens with zero attached hydrogens (tertiary/aromatic N) is 3. The van der Waals surface area contributed by atoms with Gasteiger partial charge in [-0.2, -0.15) is 0 Å². The van der Waals surface area contributed by atoms with Crippen LogP contribution in [0, 0.1) is 0 Å². The van der Waals surface area contributed by atoms with Crippen LogP contribution in [0.4, 0.5) is 0 Å². The normalized spacial score (nSPS) is 21.8. The number of aromatic nitrogens is 3. The van der Waals surface area contributed by atoms with E-state index in [1.807, 2.05) is 28.7 Å². The molecular formula is C22H17BrIN3O6. The molecule has 1 aliphatic heterocycles. The zero-order chi connectivity index (χ0) is 23.8. The van der Waals surface area contributed by atoms with Crippen LogP contribution in [0.25, 0.3) is 0 Å². The molecule has 0 fully saturated rings. The molecule has 1 aromatic carbocycles. The molecule has 1 N–H and O–H groups in total. The Hall–Kier alpha value is -2.67. The summed E-state index contributed by atoms with van der Waals surface area (Å²) in [6, 6.07) is 2.69. The number of benzene rings is 1. The van der Waals surface area contributed by atoms with Gasteiger partial charge in [0.25, 0.3) is 0 Å².